The van der Waals surface area contributed by atoms with E-state index in [9.17, 15) is 0 Å². The highest BCUT2D eigenvalue weighted by Crippen LogP contribution is 2.04. The molecule has 0 spiro atoms. The SMILES string of the molecule is CCC(C)/C=N\Nc1ccccc1. The van der Waals surface area contributed by atoms with Gasteiger partial charge < -0.3 is 0 Å². The lowest BCUT2D eigenvalue weighted by molar-refractivity contribution is 0.753. The van der Waals surface area contributed by atoms with Crippen molar-refractivity contribution in [2.75, 3.05) is 5.43 Å². The number of nitrogens with one attached hydrogen (secondary N) is 1. The molecule has 2 nitrogen and oxygen atoms in total. The fourth-order valence-corrected chi connectivity index (χ4v) is 0.857. The van der Waals surface area contributed by atoms with Gasteiger partial charge in [-0.2, -0.15) is 5.10 Å². The van der Waals surface area contributed by atoms with Crippen LogP contribution in [0.2, 0.25) is 0 Å². The topological polar surface area (TPSA) is 24.4 Å². The first kappa shape index (κ1) is 9.78. The van der Waals surface area contributed by atoms with Crippen LogP contribution in [0.4, 0.5) is 5.69 Å². The molecule has 0 heterocycles. The van der Waals surface area contributed by atoms with Crippen LogP contribution in [0.5, 0.6) is 0 Å². The average molecular weight is 176 g/mol. The van der Waals surface area contributed by atoms with E-state index in [0.717, 1.165) is 12.1 Å². The Labute approximate surface area is 79.7 Å². The van der Waals surface area contributed by atoms with Gasteiger partial charge >= 0.3 is 0 Å². The van der Waals surface area contributed by atoms with E-state index in [2.05, 4.69) is 24.4 Å². The molecule has 0 bridgehead atoms. The van der Waals surface area contributed by atoms with E-state index in [0.29, 0.717) is 5.92 Å². The minimum absolute atomic E-state index is 0.538. The van der Waals surface area contributed by atoms with Crippen LogP contribution in [0.15, 0.2) is 35.4 Å². The zero-order chi connectivity index (χ0) is 9.52. The zero-order valence-electron chi connectivity index (χ0n) is 8.20. The molecule has 0 radical (unpaired) electrons. The Morgan fingerprint density at radius 3 is 2.69 bits per heavy atom. The molecular formula is C11H16N2. The van der Waals surface area contributed by atoms with Crippen molar-refractivity contribution < 1.29 is 0 Å². The zero-order valence-corrected chi connectivity index (χ0v) is 8.20. The molecule has 1 rings (SSSR count). The minimum atomic E-state index is 0.538. The lowest BCUT2D eigenvalue weighted by Gasteiger charge is -2.01. The molecule has 1 unspecified atom stereocenters. The molecule has 0 aliphatic carbocycles. The van der Waals surface area contributed by atoms with Crippen molar-refractivity contribution >= 4 is 11.9 Å². The second kappa shape index (κ2) is 5.36. The maximum absolute atomic E-state index is 4.14. The molecule has 13 heavy (non-hydrogen) atoms. The van der Waals surface area contributed by atoms with Crippen LogP contribution in [0.3, 0.4) is 0 Å². The summed E-state index contributed by atoms with van der Waals surface area (Å²) in [5.41, 5.74) is 4.01. The Morgan fingerprint density at radius 1 is 1.38 bits per heavy atom. The van der Waals surface area contributed by atoms with E-state index in [4.69, 9.17) is 0 Å². The first-order valence-electron chi connectivity index (χ1n) is 4.67. The third-order valence-corrected chi connectivity index (χ3v) is 1.94. The molecule has 0 aliphatic heterocycles. The summed E-state index contributed by atoms with van der Waals surface area (Å²) in [5.74, 6) is 0.538. The molecule has 70 valence electrons. The van der Waals surface area contributed by atoms with E-state index < -0.39 is 0 Å². The second-order valence-corrected chi connectivity index (χ2v) is 3.14. The molecule has 1 aromatic rings. The highest BCUT2D eigenvalue weighted by Gasteiger charge is 1.90. The maximum atomic E-state index is 4.14. The highest BCUT2D eigenvalue weighted by molar-refractivity contribution is 5.61. The van der Waals surface area contributed by atoms with E-state index in [1.54, 1.807) is 0 Å². The van der Waals surface area contributed by atoms with Crippen LogP contribution in [-0.4, -0.2) is 6.21 Å². The Kier molecular flexibility index (Phi) is 4.03. The van der Waals surface area contributed by atoms with Crippen molar-refractivity contribution in [3.63, 3.8) is 0 Å². The summed E-state index contributed by atoms with van der Waals surface area (Å²) in [6, 6.07) is 9.95. The molecule has 0 saturated carbocycles. The summed E-state index contributed by atoms with van der Waals surface area (Å²) < 4.78 is 0. The predicted octanol–water partition coefficient (Wildman–Crippen LogP) is 3.13. The minimum Gasteiger partial charge on any atom is -0.279 e. The molecule has 0 saturated heterocycles. The van der Waals surface area contributed by atoms with E-state index in [-0.39, 0.29) is 0 Å². The van der Waals surface area contributed by atoms with Crippen molar-refractivity contribution in [3.05, 3.63) is 30.3 Å². The Balaban J connectivity index is 2.39. The summed E-state index contributed by atoms with van der Waals surface area (Å²) in [6.07, 6.45) is 3.06. The summed E-state index contributed by atoms with van der Waals surface area (Å²) in [6.45, 7) is 4.30. The fraction of sp³-hybridized carbons (Fsp3) is 0.364. The van der Waals surface area contributed by atoms with Crippen LogP contribution < -0.4 is 5.43 Å². The van der Waals surface area contributed by atoms with Gasteiger partial charge in [-0.3, -0.25) is 5.43 Å². The number of hydrogen-bond acceptors (Lipinski definition) is 2. The summed E-state index contributed by atoms with van der Waals surface area (Å²) in [5, 5.41) is 4.14. The van der Waals surface area contributed by atoms with Crippen molar-refractivity contribution in [1.82, 2.24) is 0 Å². The number of hydrogen-bond donors (Lipinski definition) is 1. The van der Waals surface area contributed by atoms with Gasteiger partial charge in [-0.1, -0.05) is 32.0 Å². The molecule has 2 heteroatoms. The van der Waals surface area contributed by atoms with Gasteiger partial charge in [0, 0.05) is 6.21 Å². The molecule has 0 aromatic heterocycles. The normalized spacial score (nSPS) is 13.1. The third-order valence-electron chi connectivity index (χ3n) is 1.94. The van der Waals surface area contributed by atoms with E-state index >= 15 is 0 Å². The number of para-hydroxylation sites is 1. The number of anilines is 1. The molecule has 1 atom stereocenters. The molecule has 0 fully saturated rings. The first-order chi connectivity index (χ1) is 6.33. The van der Waals surface area contributed by atoms with Crippen molar-refractivity contribution in [2.24, 2.45) is 11.0 Å². The molecule has 0 amide bonds. The number of hydrazone groups is 1. The first-order valence-corrected chi connectivity index (χ1v) is 4.67. The predicted molar refractivity (Wildman–Crippen MR) is 58.0 cm³/mol. The summed E-state index contributed by atoms with van der Waals surface area (Å²) in [7, 11) is 0. The van der Waals surface area contributed by atoms with Gasteiger partial charge in [-0.25, -0.2) is 0 Å². The smallest absolute Gasteiger partial charge is 0.0561 e. The van der Waals surface area contributed by atoms with Crippen LogP contribution in [-0.2, 0) is 0 Å². The van der Waals surface area contributed by atoms with Crippen molar-refractivity contribution in [2.45, 2.75) is 20.3 Å². The Hall–Kier alpha value is -1.31. The van der Waals surface area contributed by atoms with Crippen molar-refractivity contribution in [3.8, 4) is 0 Å². The van der Waals surface area contributed by atoms with Gasteiger partial charge in [-0.05, 0) is 24.5 Å². The largest absolute Gasteiger partial charge is 0.279 e. The fourth-order valence-electron chi connectivity index (χ4n) is 0.857. The van der Waals surface area contributed by atoms with Crippen LogP contribution >= 0.6 is 0 Å². The quantitative estimate of drug-likeness (QED) is 0.553. The van der Waals surface area contributed by atoms with Gasteiger partial charge in [0.05, 0.1) is 5.69 Å². The number of benzene rings is 1. The third kappa shape index (κ3) is 3.74. The van der Waals surface area contributed by atoms with Crippen LogP contribution in [0, 0.1) is 5.92 Å². The molecular weight excluding hydrogens is 160 g/mol. The average Bonchev–Trinajstić information content (AvgIpc) is 2.19. The van der Waals surface area contributed by atoms with Gasteiger partial charge in [0.2, 0.25) is 0 Å². The van der Waals surface area contributed by atoms with Gasteiger partial charge in [0.25, 0.3) is 0 Å². The van der Waals surface area contributed by atoms with E-state index in [1.807, 2.05) is 36.5 Å². The standard InChI is InChI=1S/C11H16N2/c1-3-10(2)9-12-13-11-7-5-4-6-8-11/h4-10,13H,3H2,1-2H3/b12-9-. The second-order valence-electron chi connectivity index (χ2n) is 3.14. The Bertz CT molecular complexity index is 254. The number of rotatable bonds is 4. The van der Waals surface area contributed by atoms with Gasteiger partial charge in [0.15, 0.2) is 0 Å². The summed E-state index contributed by atoms with van der Waals surface area (Å²) in [4.78, 5) is 0. The highest BCUT2D eigenvalue weighted by atomic mass is 15.3. The Morgan fingerprint density at radius 2 is 2.08 bits per heavy atom. The van der Waals surface area contributed by atoms with Crippen molar-refractivity contribution in [1.29, 1.82) is 0 Å². The van der Waals surface area contributed by atoms with Gasteiger partial charge in [0.1, 0.15) is 0 Å². The monoisotopic (exact) mass is 176 g/mol. The molecule has 1 N–H and O–H groups in total. The molecule has 0 aliphatic rings. The van der Waals surface area contributed by atoms with Crippen LogP contribution in [0.1, 0.15) is 20.3 Å². The molecule has 1 aromatic carbocycles. The van der Waals surface area contributed by atoms with Crippen LogP contribution in [0.25, 0.3) is 0 Å². The van der Waals surface area contributed by atoms with E-state index in [1.165, 1.54) is 0 Å². The lowest BCUT2D eigenvalue weighted by Crippen LogP contribution is -1.96. The maximum Gasteiger partial charge on any atom is 0.0561 e. The number of nitrogens with zero attached hydrogens (tertiary/aromatic N) is 1. The summed E-state index contributed by atoms with van der Waals surface area (Å²) >= 11 is 0. The van der Waals surface area contributed by atoms with Gasteiger partial charge in [-0.15, -0.1) is 0 Å². The lowest BCUT2D eigenvalue weighted by atomic mass is 10.1.